The lowest BCUT2D eigenvalue weighted by Crippen LogP contribution is -2.20. The van der Waals surface area contributed by atoms with Crippen LogP contribution in [-0.2, 0) is 4.79 Å². The largest absolute Gasteiger partial charge is 0.482 e. The highest BCUT2D eigenvalue weighted by Crippen LogP contribution is 2.27. The third-order valence-corrected chi connectivity index (χ3v) is 3.97. The molecule has 1 N–H and O–H groups in total. The molecule has 0 saturated heterocycles. The number of anilines is 1. The van der Waals surface area contributed by atoms with Crippen LogP contribution in [0.5, 0.6) is 5.75 Å². The van der Waals surface area contributed by atoms with E-state index in [9.17, 15) is 4.79 Å². The molecule has 1 amide bonds. The number of carbonyl (C=O) groups excluding carboxylic acids is 1. The zero-order chi connectivity index (χ0) is 15.4. The summed E-state index contributed by atoms with van der Waals surface area (Å²) in [6.45, 7) is -0.177. The summed E-state index contributed by atoms with van der Waals surface area (Å²) in [6, 6.07) is 10.1. The van der Waals surface area contributed by atoms with Crippen molar-refractivity contribution in [2.75, 3.05) is 11.9 Å². The van der Waals surface area contributed by atoms with Crippen molar-refractivity contribution in [3.05, 3.63) is 55.0 Å². The van der Waals surface area contributed by atoms with E-state index in [0.717, 1.165) is 3.57 Å². The third kappa shape index (κ3) is 4.92. The number of hydrogen-bond acceptors (Lipinski definition) is 2. The second-order valence-corrected chi connectivity index (χ2v) is 6.53. The molecule has 0 aliphatic heterocycles. The number of ether oxygens (including phenoxy) is 1. The SMILES string of the molecule is O=C(COc1ccc(Cl)cc1Cl)Nc1ccc(I)cc1Cl. The minimum Gasteiger partial charge on any atom is -0.482 e. The minimum atomic E-state index is -0.330. The highest BCUT2D eigenvalue weighted by Gasteiger charge is 2.09. The van der Waals surface area contributed by atoms with Crippen LogP contribution in [0.25, 0.3) is 0 Å². The molecular formula is C14H9Cl3INO2. The highest BCUT2D eigenvalue weighted by molar-refractivity contribution is 14.1. The number of amides is 1. The minimum absolute atomic E-state index is 0.177. The second-order valence-electron chi connectivity index (χ2n) is 4.04. The Kier molecular flexibility index (Phi) is 5.98. The lowest BCUT2D eigenvalue weighted by atomic mass is 10.3. The fourth-order valence-electron chi connectivity index (χ4n) is 1.51. The van der Waals surface area contributed by atoms with Gasteiger partial charge in [-0.3, -0.25) is 4.79 Å². The summed E-state index contributed by atoms with van der Waals surface area (Å²) in [5, 5.41) is 3.99. The van der Waals surface area contributed by atoms with Gasteiger partial charge in [0.05, 0.1) is 15.7 Å². The van der Waals surface area contributed by atoms with Gasteiger partial charge in [0, 0.05) is 8.59 Å². The smallest absolute Gasteiger partial charge is 0.262 e. The molecule has 110 valence electrons. The summed E-state index contributed by atoms with van der Waals surface area (Å²) in [5.41, 5.74) is 0.535. The Labute approximate surface area is 150 Å². The summed E-state index contributed by atoms with van der Waals surface area (Å²) in [4.78, 5) is 11.8. The van der Waals surface area contributed by atoms with Gasteiger partial charge in [-0.25, -0.2) is 0 Å². The molecule has 7 heteroatoms. The maximum atomic E-state index is 11.8. The van der Waals surface area contributed by atoms with Gasteiger partial charge in [0.1, 0.15) is 5.75 Å². The van der Waals surface area contributed by atoms with Gasteiger partial charge in [0.15, 0.2) is 6.61 Å². The van der Waals surface area contributed by atoms with Gasteiger partial charge in [-0.1, -0.05) is 34.8 Å². The van der Waals surface area contributed by atoms with Crippen LogP contribution < -0.4 is 10.1 Å². The van der Waals surface area contributed by atoms with Gasteiger partial charge in [-0.15, -0.1) is 0 Å². The molecule has 0 saturated carbocycles. The van der Waals surface area contributed by atoms with E-state index in [-0.39, 0.29) is 12.5 Å². The molecule has 0 atom stereocenters. The standard InChI is InChI=1S/C14H9Cl3INO2/c15-8-1-4-13(11(17)5-8)21-7-14(20)19-12-3-2-9(18)6-10(12)16/h1-6H,7H2,(H,19,20). The Bertz CT molecular complexity index is 679. The van der Waals surface area contributed by atoms with Crippen molar-refractivity contribution < 1.29 is 9.53 Å². The van der Waals surface area contributed by atoms with Crippen molar-refractivity contribution in [2.24, 2.45) is 0 Å². The molecule has 0 bridgehead atoms. The Morgan fingerprint density at radius 1 is 1.10 bits per heavy atom. The van der Waals surface area contributed by atoms with Gasteiger partial charge < -0.3 is 10.1 Å². The summed E-state index contributed by atoms with van der Waals surface area (Å²) in [7, 11) is 0. The number of nitrogens with one attached hydrogen (secondary N) is 1. The van der Waals surface area contributed by atoms with Crippen LogP contribution in [0.2, 0.25) is 15.1 Å². The fraction of sp³-hybridized carbons (Fsp3) is 0.0714. The summed E-state index contributed by atoms with van der Waals surface area (Å²) in [6.07, 6.45) is 0. The average Bonchev–Trinajstić information content (AvgIpc) is 2.41. The van der Waals surface area contributed by atoms with Gasteiger partial charge in [0.2, 0.25) is 0 Å². The van der Waals surface area contributed by atoms with Crippen LogP contribution in [0.15, 0.2) is 36.4 Å². The first kappa shape index (κ1) is 16.7. The molecule has 0 spiro atoms. The van der Waals surface area contributed by atoms with Crippen LogP contribution in [0.4, 0.5) is 5.69 Å². The van der Waals surface area contributed by atoms with E-state index in [1.165, 1.54) is 0 Å². The molecule has 0 heterocycles. The van der Waals surface area contributed by atoms with E-state index in [2.05, 4.69) is 27.9 Å². The molecule has 2 rings (SSSR count). The van der Waals surface area contributed by atoms with Gasteiger partial charge in [-0.2, -0.15) is 0 Å². The van der Waals surface area contributed by atoms with Crippen LogP contribution in [0, 0.1) is 3.57 Å². The van der Waals surface area contributed by atoms with E-state index < -0.39 is 0 Å². The molecule has 2 aromatic carbocycles. The summed E-state index contributed by atoms with van der Waals surface area (Å²) < 4.78 is 6.33. The quantitative estimate of drug-likeness (QED) is 0.637. The Morgan fingerprint density at radius 3 is 2.52 bits per heavy atom. The van der Waals surface area contributed by atoms with E-state index in [1.54, 1.807) is 30.3 Å². The predicted molar refractivity (Wildman–Crippen MR) is 94.8 cm³/mol. The number of rotatable bonds is 4. The Hall–Kier alpha value is -0.690. The zero-order valence-corrected chi connectivity index (χ0v) is 14.9. The lowest BCUT2D eigenvalue weighted by molar-refractivity contribution is -0.118. The maximum Gasteiger partial charge on any atom is 0.262 e. The van der Waals surface area contributed by atoms with Gasteiger partial charge in [-0.05, 0) is 59.0 Å². The molecule has 21 heavy (non-hydrogen) atoms. The average molecular weight is 456 g/mol. The zero-order valence-electron chi connectivity index (χ0n) is 10.5. The van der Waals surface area contributed by atoms with Crippen LogP contribution in [0.3, 0.4) is 0 Å². The molecule has 3 nitrogen and oxygen atoms in total. The summed E-state index contributed by atoms with van der Waals surface area (Å²) in [5.74, 6) is 0.0639. The van der Waals surface area contributed by atoms with E-state index in [4.69, 9.17) is 39.5 Å². The molecule has 0 fully saturated rings. The van der Waals surface area contributed by atoms with Crippen molar-refractivity contribution in [3.8, 4) is 5.75 Å². The molecule has 0 unspecified atom stereocenters. The first-order chi connectivity index (χ1) is 9.95. The fourth-order valence-corrected chi connectivity index (χ4v) is 2.88. The second kappa shape index (κ2) is 7.54. The van der Waals surface area contributed by atoms with Crippen molar-refractivity contribution in [1.29, 1.82) is 0 Å². The van der Waals surface area contributed by atoms with Gasteiger partial charge in [0.25, 0.3) is 5.91 Å². The predicted octanol–water partition coefficient (Wildman–Crippen LogP) is 5.27. The summed E-state index contributed by atoms with van der Waals surface area (Å²) >= 11 is 19.9. The molecule has 0 aliphatic carbocycles. The van der Waals surface area contributed by atoms with Crippen LogP contribution >= 0.6 is 57.4 Å². The molecule has 0 radical (unpaired) electrons. The van der Waals surface area contributed by atoms with Crippen LogP contribution in [-0.4, -0.2) is 12.5 Å². The molecular weight excluding hydrogens is 447 g/mol. The molecule has 0 aromatic heterocycles. The van der Waals surface area contributed by atoms with E-state index >= 15 is 0 Å². The van der Waals surface area contributed by atoms with Crippen molar-refractivity contribution in [2.45, 2.75) is 0 Å². The van der Waals surface area contributed by atoms with Gasteiger partial charge >= 0.3 is 0 Å². The molecule has 2 aromatic rings. The number of benzene rings is 2. The Balaban J connectivity index is 1.96. The number of carbonyl (C=O) groups is 1. The van der Waals surface area contributed by atoms with Crippen molar-refractivity contribution in [3.63, 3.8) is 0 Å². The monoisotopic (exact) mass is 455 g/mol. The van der Waals surface area contributed by atoms with Crippen LogP contribution in [0.1, 0.15) is 0 Å². The van der Waals surface area contributed by atoms with E-state index in [0.29, 0.717) is 26.5 Å². The topological polar surface area (TPSA) is 38.3 Å². The normalized spacial score (nSPS) is 10.3. The first-order valence-electron chi connectivity index (χ1n) is 5.78. The maximum absolute atomic E-state index is 11.8. The molecule has 0 aliphatic rings. The highest BCUT2D eigenvalue weighted by atomic mass is 127. The van der Waals surface area contributed by atoms with E-state index in [1.807, 2.05) is 6.07 Å². The lowest BCUT2D eigenvalue weighted by Gasteiger charge is -2.10. The number of halogens is 4. The number of hydrogen-bond donors (Lipinski definition) is 1. The van der Waals surface area contributed by atoms with Crippen molar-refractivity contribution >= 4 is 69.0 Å². The first-order valence-corrected chi connectivity index (χ1v) is 8.00. The third-order valence-electron chi connectivity index (χ3n) is 2.46. The Morgan fingerprint density at radius 2 is 1.86 bits per heavy atom. The van der Waals surface area contributed by atoms with Crippen molar-refractivity contribution in [1.82, 2.24) is 0 Å².